The number of fused-ring (bicyclic) bond motifs is 1. The molecular formula is C13H23N3. The maximum absolute atomic E-state index is 4.55. The zero-order chi connectivity index (χ0) is 11.8. The molecule has 2 N–H and O–H groups in total. The number of aromatic amines is 1. The van der Waals surface area contributed by atoms with Gasteiger partial charge in [0.25, 0.3) is 0 Å². The molecule has 1 aromatic rings. The summed E-state index contributed by atoms with van der Waals surface area (Å²) in [4.78, 5) is 7.82. The first-order chi connectivity index (χ1) is 7.47. The minimum atomic E-state index is 0.209. The van der Waals surface area contributed by atoms with E-state index in [4.69, 9.17) is 0 Å². The van der Waals surface area contributed by atoms with E-state index in [-0.39, 0.29) is 5.41 Å². The van der Waals surface area contributed by atoms with Gasteiger partial charge in [-0.3, -0.25) is 0 Å². The summed E-state index contributed by atoms with van der Waals surface area (Å²) in [6.07, 6.45) is 4.16. The Morgan fingerprint density at radius 2 is 2.12 bits per heavy atom. The van der Waals surface area contributed by atoms with Gasteiger partial charge in [0.1, 0.15) is 0 Å². The van der Waals surface area contributed by atoms with Crippen molar-refractivity contribution in [2.45, 2.75) is 52.5 Å². The lowest BCUT2D eigenvalue weighted by Gasteiger charge is -2.38. The number of nitrogens with one attached hydrogen (secondary N) is 2. The predicted octanol–water partition coefficient (Wildman–Crippen LogP) is 2.60. The van der Waals surface area contributed by atoms with Gasteiger partial charge in [-0.05, 0) is 18.3 Å². The van der Waals surface area contributed by atoms with Crippen LogP contribution in [-0.2, 0) is 12.0 Å². The standard InChI is InChI=1S/C13H23N3/c1-5-13(4)7-12(2,3)8-14-6-10-11(13)16-9-15-10/h9,14H,5-8H2,1-4H3,(H,15,16). The van der Waals surface area contributed by atoms with Gasteiger partial charge in [-0.2, -0.15) is 0 Å². The van der Waals surface area contributed by atoms with E-state index < -0.39 is 0 Å². The normalized spacial score (nSPS) is 29.2. The fraction of sp³-hybridized carbons (Fsp3) is 0.769. The van der Waals surface area contributed by atoms with Crippen LogP contribution < -0.4 is 5.32 Å². The Morgan fingerprint density at radius 3 is 2.81 bits per heavy atom. The van der Waals surface area contributed by atoms with Gasteiger partial charge in [0.2, 0.25) is 0 Å². The van der Waals surface area contributed by atoms with E-state index in [9.17, 15) is 0 Å². The van der Waals surface area contributed by atoms with E-state index in [0.29, 0.717) is 5.41 Å². The molecule has 2 rings (SSSR count). The summed E-state index contributed by atoms with van der Waals surface area (Å²) in [5.41, 5.74) is 3.07. The van der Waals surface area contributed by atoms with E-state index in [0.717, 1.165) is 19.5 Å². The molecule has 1 atom stereocenters. The third-order valence-corrected chi connectivity index (χ3v) is 3.84. The van der Waals surface area contributed by atoms with Gasteiger partial charge < -0.3 is 10.3 Å². The van der Waals surface area contributed by atoms with Gasteiger partial charge in [-0.1, -0.05) is 27.7 Å². The minimum absolute atomic E-state index is 0.209. The summed E-state index contributed by atoms with van der Waals surface area (Å²) in [6.45, 7) is 11.3. The number of aromatic nitrogens is 2. The second-order valence-electron chi connectivity index (χ2n) is 6.09. The van der Waals surface area contributed by atoms with E-state index in [1.165, 1.54) is 17.8 Å². The van der Waals surface area contributed by atoms with Crippen molar-refractivity contribution in [1.82, 2.24) is 15.3 Å². The summed E-state index contributed by atoms with van der Waals surface area (Å²) >= 11 is 0. The van der Waals surface area contributed by atoms with Gasteiger partial charge in [0.05, 0.1) is 17.7 Å². The average molecular weight is 221 g/mol. The van der Waals surface area contributed by atoms with Crippen LogP contribution in [-0.4, -0.2) is 16.5 Å². The molecule has 0 spiro atoms. The van der Waals surface area contributed by atoms with Gasteiger partial charge in [-0.25, -0.2) is 4.98 Å². The van der Waals surface area contributed by atoms with Crippen LogP contribution in [0.15, 0.2) is 6.33 Å². The smallest absolute Gasteiger partial charge is 0.0925 e. The number of imidazole rings is 1. The molecule has 90 valence electrons. The van der Waals surface area contributed by atoms with Crippen LogP contribution in [0.25, 0.3) is 0 Å². The monoisotopic (exact) mass is 221 g/mol. The molecule has 3 nitrogen and oxygen atoms in total. The van der Waals surface area contributed by atoms with E-state index in [1.807, 2.05) is 6.33 Å². The summed E-state index contributed by atoms with van der Waals surface area (Å²) in [7, 11) is 0. The summed E-state index contributed by atoms with van der Waals surface area (Å²) in [5, 5.41) is 3.51. The van der Waals surface area contributed by atoms with Crippen molar-refractivity contribution in [3.8, 4) is 0 Å². The zero-order valence-corrected chi connectivity index (χ0v) is 10.9. The molecule has 0 fully saturated rings. The molecule has 0 amide bonds. The molecule has 0 aromatic carbocycles. The molecule has 0 aliphatic carbocycles. The fourth-order valence-corrected chi connectivity index (χ4v) is 3.00. The Hall–Kier alpha value is -0.830. The van der Waals surface area contributed by atoms with Crippen LogP contribution in [0.2, 0.25) is 0 Å². The topological polar surface area (TPSA) is 40.7 Å². The highest BCUT2D eigenvalue weighted by molar-refractivity contribution is 5.23. The zero-order valence-electron chi connectivity index (χ0n) is 10.9. The Morgan fingerprint density at radius 1 is 1.38 bits per heavy atom. The first kappa shape index (κ1) is 11.6. The Bertz CT molecular complexity index is 367. The summed E-state index contributed by atoms with van der Waals surface area (Å²) in [6, 6.07) is 0. The first-order valence-electron chi connectivity index (χ1n) is 6.20. The summed E-state index contributed by atoms with van der Waals surface area (Å²) in [5.74, 6) is 0. The van der Waals surface area contributed by atoms with Crippen LogP contribution in [0, 0.1) is 5.41 Å². The molecule has 3 heteroatoms. The lowest BCUT2D eigenvalue weighted by Crippen LogP contribution is -2.39. The average Bonchev–Trinajstić information content (AvgIpc) is 2.63. The van der Waals surface area contributed by atoms with Crippen LogP contribution >= 0.6 is 0 Å². The van der Waals surface area contributed by atoms with Crippen molar-refractivity contribution in [2.24, 2.45) is 5.41 Å². The van der Waals surface area contributed by atoms with Crippen molar-refractivity contribution >= 4 is 0 Å². The van der Waals surface area contributed by atoms with E-state index in [1.54, 1.807) is 0 Å². The maximum Gasteiger partial charge on any atom is 0.0925 e. The molecule has 1 unspecified atom stereocenters. The van der Waals surface area contributed by atoms with Crippen LogP contribution in [0.3, 0.4) is 0 Å². The number of H-pyrrole nitrogens is 1. The molecule has 1 aliphatic rings. The minimum Gasteiger partial charge on any atom is -0.347 e. The second kappa shape index (κ2) is 3.88. The van der Waals surface area contributed by atoms with Crippen molar-refractivity contribution in [3.63, 3.8) is 0 Å². The van der Waals surface area contributed by atoms with E-state index in [2.05, 4.69) is 43.0 Å². The highest BCUT2D eigenvalue weighted by atomic mass is 15.0. The third-order valence-electron chi connectivity index (χ3n) is 3.84. The quantitative estimate of drug-likeness (QED) is 0.765. The number of hydrogen-bond donors (Lipinski definition) is 2. The number of rotatable bonds is 1. The lowest BCUT2D eigenvalue weighted by atomic mass is 9.69. The summed E-state index contributed by atoms with van der Waals surface area (Å²) < 4.78 is 0. The predicted molar refractivity (Wildman–Crippen MR) is 66.3 cm³/mol. The highest BCUT2D eigenvalue weighted by Crippen LogP contribution is 2.40. The van der Waals surface area contributed by atoms with Crippen molar-refractivity contribution in [1.29, 1.82) is 0 Å². The van der Waals surface area contributed by atoms with Crippen molar-refractivity contribution < 1.29 is 0 Å². The number of hydrogen-bond acceptors (Lipinski definition) is 2. The van der Waals surface area contributed by atoms with Crippen LogP contribution in [0.4, 0.5) is 0 Å². The van der Waals surface area contributed by atoms with Crippen molar-refractivity contribution in [3.05, 3.63) is 17.7 Å². The van der Waals surface area contributed by atoms with Crippen molar-refractivity contribution in [2.75, 3.05) is 6.54 Å². The van der Waals surface area contributed by atoms with Gasteiger partial charge in [-0.15, -0.1) is 0 Å². The molecule has 1 aromatic heterocycles. The highest BCUT2D eigenvalue weighted by Gasteiger charge is 2.37. The Balaban J connectivity index is 2.41. The Kier molecular flexibility index (Phi) is 2.82. The molecule has 1 aliphatic heterocycles. The van der Waals surface area contributed by atoms with Crippen LogP contribution in [0.5, 0.6) is 0 Å². The van der Waals surface area contributed by atoms with Gasteiger partial charge in [0, 0.05) is 18.5 Å². The molecule has 0 bridgehead atoms. The van der Waals surface area contributed by atoms with Gasteiger partial charge in [0.15, 0.2) is 0 Å². The largest absolute Gasteiger partial charge is 0.347 e. The first-order valence-corrected chi connectivity index (χ1v) is 6.20. The SMILES string of the molecule is CCC1(C)CC(C)(C)CNCc2[nH]cnc21. The third kappa shape index (κ3) is 2.01. The van der Waals surface area contributed by atoms with Crippen LogP contribution in [0.1, 0.15) is 51.9 Å². The second-order valence-corrected chi connectivity index (χ2v) is 6.09. The van der Waals surface area contributed by atoms with Gasteiger partial charge >= 0.3 is 0 Å². The molecule has 2 heterocycles. The fourth-order valence-electron chi connectivity index (χ4n) is 3.00. The number of nitrogens with zero attached hydrogens (tertiary/aromatic N) is 1. The van der Waals surface area contributed by atoms with E-state index >= 15 is 0 Å². The lowest BCUT2D eigenvalue weighted by molar-refractivity contribution is 0.216. The molecule has 0 radical (unpaired) electrons. The Labute approximate surface area is 98.1 Å². The molecule has 0 saturated carbocycles. The maximum atomic E-state index is 4.55. The molecule has 0 saturated heterocycles. The molecular weight excluding hydrogens is 198 g/mol. The molecule has 16 heavy (non-hydrogen) atoms.